The number of aliphatic imine (C=N–C) groups is 1. The van der Waals surface area contributed by atoms with Gasteiger partial charge in [0.05, 0.1) is 56.8 Å². The van der Waals surface area contributed by atoms with E-state index in [1.165, 1.54) is 54.9 Å². The number of hydrogen-bond acceptors (Lipinski definition) is 12. The number of thiocarbonyl (C=S) groups is 1. The number of nitrogens with zero attached hydrogens (tertiary/aromatic N) is 7. The van der Waals surface area contributed by atoms with Gasteiger partial charge < -0.3 is 40.4 Å². The van der Waals surface area contributed by atoms with Crippen molar-refractivity contribution in [2.24, 2.45) is 12.0 Å². The summed E-state index contributed by atoms with van der Waals surface area (Å²) < 4.78 is 164. The summed E-state index contributed by atoms with van der Waals surface area (Å²) >= 11 is 4.30. The first-order chi connectivity index (χ1) is 35.4. The molecule has 75 heavy (non-hydrogen) atoms. The van der Waals surface area contributed by atoms with Crippen LogP contribution in [0.5, 0.6) is 23.0 Å². The number of nitrogen functional groups attached to an aromatic ring is 1. The minimum absolute atomic E-state index is 0.00261. The van der Waals surface area contributed by atoms with Crippen molar-refractivity contribution in [1.82, 2.24) is 39.5 Å². The Morgan fingerprint density at radius 2 is 1.08 bits per heavy atom. The van der Waals surface area contributed by atoms with Crippen molar-refractivity contribution in [3.8, 4) is 46.0 Å². The van der Waals surface area contributed by atoms with Crippen LogP contribution in [0.15, 0.2) is 139 Å². The first-order valence-electron chi connectivity index (χ1n) is 21.1. The zero-order valence-electron chi connectivity index (χ0n) is 38.2. The number of anilines is 4. The van der Waals surface area contributed by atoms with Gasteiger partial charge in [0.25, 0.3) is 0 Å². The van der Waals surface area contributed by atoms with Crippen LogP contribution in [-0.2, 0) is 31.8 Å². The van der Waals surface area contributed by atoms with Gasteiger partial charge in [0, 0.05) is 56.4 Å². The second-order valence-electron chi connectivity index (χ2n) is 15.3. The molecule has 0 spiro atoms. The van der Waals surface area contributed by atoms with Gasteiger partial charge >= 0.3 is 24.7 Å². The molecule has 4 aromatic carbocycles. The van der Waals surface area contributed by atoms with Gasteiger partial charge in [-0.05, 0) is 97.1 Å². The van der Waals surface area contributed by atoms with Crippen molar-refractivity contribution in [2.75, 3.05) is 23.4 Å². The third kappa shape index (κ3) is 14.0. The van der Waals surface area contributed by atoms with Gasteiger partial charge in [-0.1, -0.05) is 0 Å². The molecule has 0 bridgehead atoms. The molecule has 5 heterocycles. The van der Waals surface area contributed by atoms with E-state index < -0.39 is 47.2 Å². The monoisotopic (exact) mass is 1070 g/mol. The van der Waals surface area contributed by atoms with Crippen molar-refractivity contribution in [3.63, 3.8) is 0 Å². The van der Waals surface area contributed by atoms with Crippen LogP contribution < -0.4 is 25.8 Å². The first kappa shape index (κ1) is 53.8. The molecule has 0 atom stereocenters. The number of benzene rings is 4. The number of nitrogens with two attached hydrogens (primary N) is 1. The van der Waals surface area contributed by atoms with E-state index in [2.05, 4.69) is 67.9 Å². The highest BCUT2D eigenvalue weighted by atomic mass is 32.1. The molecule has 6 N–H and O–H groups in total. The van der Waals surface area contributed by atoms with Crippen molar-refractivity contribution >= 4 is 57.1 Å². The summed E-state index contributed by atoms with van der Waals surface area (Å²) in [5, 5.41) is 8.00. The Hall–Kier alpha value is -8.97. The van der Waals surface area contributed by atoms with Crippen LogP contribution >= 0.6 is 12.2 Å². The highest BCUT2D eigenvalue weighted by Gasteiger charge is 2.35. The Kier molecular flexibility index (Phi) is 15.8. The molecule has 14 nitrogen and oxygen atoms in total. The van der Waals surface area contributed by atoms with Crippen LogP contribution in [0.25, 0.3) is 34.1 Å². The van der Waals surface area contributed by atoms with E-state index >= 15 is 0 Å². The number of hydrogen-bond donors (Lipinski definition) is 5. The lowest BCUT2D eigenvalue weighted by atomic mass is 10.2. The molecule has 9 rings (SSSR count). The van der Waals surface area contributed by atoms with Crippen molar-refractivity contribution in [1.29, 1.82) is 0 Å². The number of isothiocyanates is 1. The minimum atomic E-state index is -4.56. The standard InChI is InChI=1S/C24H16F6N6O.C16H14F3N5O.C8H4F3NS/c1-36-19-7-6-15(10-17(19)34-22(36)33-14-4-2-13(3-5-14)23(25,26)27)37-16-8-9-31-18(11-16)21-32-12-20(35-21)24(28,29)30;1-21-12-3-2-9(6-11(12)20)25-10-4-5-22-13(7-10)15-23-8-14(24-15)16(17,18)19;9-8(10,11)6-1-3-7(4-2-6)12-5-13/h2-12H,1H3,(H,32,35)(H,33,34);2-8,21H,20H2,1H3,(H,23,24);1-4H. The number of aromatic amines is 2. The summed E-state index contributed by atoms with van der Waals surface area (Å²) in [4.78, 5) is 27.9. The first-order valence-corrected chi connectivity index (χ1v) is 21.5. The maximum Gasteiger partial charge on any atom is 0.432 e. The second kappa shape index (κ2) is 22.0. The Labute approximate surface area is 420 Å². The van der Waals surface area contributed by atoms with E-state index in [4.69, 9.17) is 15.2 Å². The zero-order chi connectivity index (χ0) is 54.3. The van der Waals surface area contributed by atoms with E-state index in [9.17, 15) is 52.7 Å². The predicted molar refractivity (Wildman–Crippen MR) is 256 cm³/mol. The molecule has 0 aliphatic rings. The topological polar surface area (TPSA) is 182 Å². The van der Waals surface area contributed by atoms with Gasteiger partial charge in [-0.25, -0.2) is 15.0 Å². The third-order valence-corrected chi connectivity index (χ3v) is 10.3. The van der Waals surface area contributed by atoms with E-state index in [0.717, 1.165) is 41.7 Å². The molecule has 0 fully saturated rings. The van der Waals surface area contributed by atoms with Gasteiger partial charge in [0.1, 0.15) is 45.8 Å². The molecule has 0 saturated carbocycles. The number of pyridine rings is 2. The maximum atomic E-state index is 12.9. The number of H-pyrrole nitrogens is 2. The van der Waals surface area contributed by atoms with E-state index in [1.807, 2.05) is 0 Å². The largest absolute Gasteiger partial charge is 0.457 e. The minimum Gasteiger partial charge on any atom is -0.457 e. The Morgan fingerprint density at radius 1 is 0.600 bits per heavy atom. The lowest BCUT2D eigenvalue weighted by Gasteiger charge is -2.10. The summed E-state index contributed by atoms with van der Waals surface area (Å²) in [6.07, 6.45) is -13.6. The number of alkyl halides is 12. The predicted octanol–water partition coefficient (Wildman–Crippen LogP) is 14.3. The van der Waals surface area contributed by atoms with E-state index in [0.29, 0.717) is 57.7 Å². The summed E-state index contributed by atoms with van der Waals surface area (Å²) in [5.41, 5.74) is 6.23. The molecule has 0 saturated heterocycles. The summed E-state index contributed by atoms with van der Waals surface area (Å²) in [5.74, 6) is 1.94. The Bertz CT molecular complexity index is 3460. The van der Waals surface area contributed by atoms with Crippen LogP contribution in [0.1, 0.15) is 22.5 Å². The van der Waals surface area contributed by atoms with Gasteiger partial charge in [0.2, 0.25) is 5.95 Å². The molecular formula is C48H34F12N12O2S. The highest BCUT2D eigenvalue weighted by molar-refractivity contribution is 7.78. The number of rotatable bonds is 10. The molecular weight excluding hydrogens is 1040 g/mol. The van der Waals surface area contributed by atoms with E-state index in [1.54, 1.807) is 61.1 Å². The number of nitrogens with one attached hydrogen (secondary N) is 4. The molecule has 0 aliphatic heterocycles. The Balaban J connectivity index is 0.000000185. The smallest absolute Gasteiger partial charge is 0.432 e. The molecule has 9 aromatic rings. The van der Waals surface area contributed by atoms with Gasteiger partial charge in [0.15, 0.2) is 11.6 Å². The average Bonchev–Trinajstić information content (AvgIpc) is 4.13. The summed E-state index contributed by atoms with van der Waals surface area (Å²) in [7, 11) is 3.50. The quantitative estimate of drug-likeness (QED) is 0.0380. The zero-order valence-corrected chi connectivity index (χ0v) is 39.0. The lowest BCUT2D eigenvalue weighted by molar-refractivity contribution is -0.141. The second-order valence-corrected chi connectivity index (χ2v) is 15.5. The molecule has 388 valence electrons. The molecule has 0 radical (unpaired) electrons. The van der Waals surface area contributed by atoms with Crippen LogP contribution in [0.2, 0.25) is 0 Å². The average molecular weight is 1070 g/mol. The fourth-order valence-corrected chi connectivity index (χ4v) is 6.61. The highest BCUT2D eigenvalue weighted by Crippen LogP contribution is 2.36. The molecule has 5 aromatic heterocycles. The summed E-state index contributed by atoms with van der Waals surface area (Å²) in [6, 6.07) is 25.2. The third-order valence-electron chi connectivity index (χ3n) is 10.2. The number of ether oxygens (including phenoxy) is 2. The van der Waals surface area contributed by atoms with Crippen molar-refractivity contribution in [2.45, 2.75) is 24.7 Å². The molecule has 0 aliphatic carbocycles. The number of imidazole rings is 3. The molecule has 27 heteroatoms. The molecule has 0 amide bonds. The van der Waals surface area contributed by atoms with E-state index in [-0.39, 0.29) is 23.0 Å². The summed E-state index contributed by atoms with van der Waals surface area (Å²) in [6.45, 7) is 0. The van der Waals surface area contributed by atoms with Gasteiger partial charge in [-0.2, -0.15) is 57.7 Å². The van der Waals surface area contributed by atoms with Gasteiger partial charge in [-0.15, -0.1) is 0 Å². The lowest BCUT2D eigenvalue weighted by Crippen LogP contribution is -2.05. The molecule has 0 unspecified atom stereocenters. The number of halogens is 12. The number of aryl methyl sites for hydroxylation is 1. The van der Waals surface area contributed by atoms with Crippen LogP contribution in [-0.4, -0.2) is 51.7 Å². The number of aromatic nitrogens is 8. The Morgan fingerprint density at radius 3 is 1.53 bits per heavy atom. The van der Waals surface area contributed by atoms with Crippen molar-refractivity contribution in [3.05, 3.63) is 156 Å². The van der Waals surface area contributed by atoms with Crippen molar-refractivity contribution < 1.29 is 62.2 Å². The fourth-order valence-electron chi connectivity index (χ4n) is 6.51. The fraction of sp³-hybridized carbons (Fsp3) is 0.125. The number of fused-ring (bicyclic) bond motifs is 1. The van der Waals surface area contributed by atoms with Crippen LogP contribution in [0, 0.1) is 0 Å². The van der Waals surface area contributed by atoms with Crippen LogP contribution in [0.4, 0.5) is 81.4 Å². The van der Waals surface area contributed by atoms with Crippen LogP contribution in [0.3, 0.4) is 0 Å². The SMILES string of the molecule is CNc1ccc(Oc2ccnc(-c3ncc(C(F)(F)F)[nH]3)c2)cc1N.Cn1c(Nc2ccc(C(F)(F)F)cc2)nc2cc(Oc3ccnc(-c4ncc(C(F)(F)F)[nH]4)c3)ccc21.FC(F)(F)c1ccc(N=C=S)cc1. The normalized spacial score (nSPS) is 11.7. The van der Waals surface area contributed by atoms with Gasteiger partial charge in [-0.3, -0.25) is 9.97 Å². The maximum absolute atomic E-state index is 12.9.